The molecule has 0 aromatic heterocycles. The van der Waals surface area contributed by atoms with E-state index in [1.807, 2.05) is 4.90 Å². The van der Waals surface area contributed by atoms with Gasteiger partial charge in [0.05, 0.1) is 5.54 Å². The predicted molar refractivity (Wildman–Crippen MR) is 61.9 cm³/mol. The van der Waals surface area contributed by atoms with Gasteiger partial charge < -0.3 is 15.4 Å². The van der Waals surface area contributed by atoms with Gasteiger partial charge in [-0.1, -0.05) is 13.8 Å². The highest BCUT2D eigenvalue weighted by molar-refractivity contribution is 5.80. The van der Waals surface area contributed by atoms with Gasteiger partial charge >= 0.3 is 0 Å². The van der Waals surface area contributed by atoms with Crippen molar-refractivity contribution in [3.05, 3.63) is 0 Å². The topological polar surface area (TPSA) is 55.6 Å². The second-order valence-corrected chi connectivity index (χ2v) is 5.47. The minimum Gasteiger partial charge on any atom is -0.381 e. The minimum atomic E-state index is -0.152. The molecule has 92 valence electrons. The SMILES string of the molecule is CC(C)C1(N)CN(C(=O)C2CCOCC2)C1. The van der Waals surface area contributed by atoms with Gasteiger partial charge in [0.1, 0.15) is 0 Å². The van der Waals surface area contributed by atoms with Crippen LogP contribution >= 0.6 is 0 Å². The molecule has 16 heavy (non-hydrogen) atoms. The van der Waals surface area contributed by atoms with Crippen molar-refractivity contribution in [2.24, 2.45) is 17.6 Å². The zero-order chi connectivity index (χ0) is 11.8. The molecule has 1 amide bonds. The van der Waals surface area contributed by atoms with Gasteiger partial charge in [0.15, 0.2) is 0 Å². The molecule has 4 nitrogen and oxygen atoms in total. The smallest absolute Gasteiger partial charge is 0.225 e. The van der Waals surface area contributed by atoms with Crippen LogP contribution in [-0.2, 0) is 9.53 Å². The largest absolute Gasteiger partial charge is 0.381 e. The molecule has 4 heteroatoms. The summed E-state index contributed by atoms with van der Waals surface area (Å²) in [5.74, 6) is 0.890. The Kier molecular flexibility index (Phi) is 3.22. The van der Waals surface area contributed by atoms with E-state index in [0.29, 0.717) is 5.92 Å². The number of hydrogen-bond donors (Lipinski definition) is 1. The number of nitrogens with zero attached hydrogens (tertiary/aromatic N) is 1. The Hall–Kier alpha value is -0.610. The van der Waals surface area contributed by atoms with E-state index >= 15 is 0 Å². The number of nitrogens with two attached hydrogens (primary N) is 1. The van der Waals surface area contributed by atoms with Gasteiger partial charge in [-0.25, -0.2) is 0 Å². The molecule has 0 saturated carbocycles. The van der Waals surface area contributed by atoms with Gasteiger partial charge in [-0.05, 0) is 18.8 Å². The molecule has 2 N–H and O–H groups in total. The third-order valence-electron chi connectivity index (χ3n) is 4.00. The Morgan fingerprint density at radius 2 is 1.94 bits per heavy atom. The standard InChI is InChI=1S/C12H22N2O2/c1-9(2)12(13)7-14(8-12)11(15)10-3-5-16-6-4-10/h9-10H,3-8,13H2,1-2H3. The summed E-state index contributed by atoms with van der Waals surface area (Å²) in [5, 5.41) is 0. The van der Waals surface area contributed by atoms with E-state index in [1.165, 1.54) is 0 Å². The molecule has 0 aromatic rings. The second-order valence-electron chi connectivity index (χ2n) is 5.47. The predicted octanol–water partition coefficient (Wildman–Crippen LogP) is 0.609. The van der Waals surface area contributed by atoms with E-state index in [2.05, 4.69) is 13.8 Å². The Labute approximate surface area is 97.1 Å². The summed E-state index contributed by atoms with van der Waals surface area (Å²) in [7, 11) is 0. The number of rotatable bonds is 2. The molecule has 2 heterocycles. The maximum atomic E-state index is 12.1. The highest BCUT2D eigenvalue weighted by Gasteiger charge is 2.45. The van der Waals surface area contributed by atoms with Crippen LogP contribution in [0.25, 0.3) is 0 Å². The van der Waals surface area contributed by atoms with Crippen LogP contribution in [0.3, 0.4) is 0 Å². The van der Waals surface area contributed by atoms with E-state index in [4.69, 9.17) is 10.5 Å². The summed E-state index contributed by atoms with van der Waals surface area (Å²) in [5.41, 5.74) is 6.03. The molecule has 0 bridgehead atoms. The van der Waals surface area contributed by atoms with Crippen molar-refractivity contribution in [1.82, 2.24) is 4.90 Å². The van der Waals surface area contributed by atoms with Gasteiger partial charge in [-0.15, -0.1) is 0 Å². The van der Waals surface area contributed by atoms with Crippen LogP contribution in [0.2, 0.25) is 0 Å². The molecule has 2 aliphatic heterocycles. The Morgan fingerprint density at radius 3 is 2.44 bits per heavy atom. The third-order valence-corrected chi connectivity index (χ3v) is 4.00. The third kappa shape index (κ3) is 2.09. The number of hydrogen-bond acceptors (Lipinski definition) is 3. The molecular formula is C12H22N2O2. The summed E-state index contributed by atoms with van der Waals surface area (Å²) in [6.45, 7) is 7.14. The van der Waals surface area contributed by atoms with Crippen LogP contribution in [0.1, 0.15) is 26.7 Å². The van der Waals surface area contributed by atoms with Crippen molar-refractivity contribution < 1.29 is 9.53 Å². The molecular weight excluding hydrogens is 204 g/mol. The summed E-state index contributed by atoms with van der Waals surface area (Å²) >= 11 is 0. The first-order chi connectivity index (χ1) is 7.53. The summed E-state index contributed by atoms with van der Waals surface area (Å²) in [4.78, 5) is 14.0. The first kappa shape index (κ1) is 11.9. The van der Waals surface area contributed by atoms with Crippen LogP contribution in [-0.4, -0.2) is 42.6 Å². The number of ether oxygens (including phenoxy) is 1. The number of amides is 1. The van der Waals surface area contributed by atoms with Crippen LogP contribution in [0.5, 0.6) is 0 Å². The zero-order valence-corrected chi connectivity index (χ0v) is 10.2. The molecule has 0 radical (unpaired) electrons. The molecule has 2 rings (SSSR count). The lowest BCUT2D eigenvalue weighted by atomic mass is 9.79. The molecule has 0 spiro atoms. The van der Waals surface area contributed by atoms with Gasteiger partial charge in [0, 0.05) is 32.2 Å². The molecule has 0 aromatic carbocycles. The summed E-state index contributed by atoms with van der Waals surface area (Å²) in [6.07, 6.45) is 1.74. The molecule has 0 unspecified atom stereocenters. The minimum absolute atomic E-state index is 0.152. The fourth-order valence-corrected chi connectivity index (χ4v) is 2.39. The first-order valence-corrected chi connectivity index (χ1v) is 6.18. The lowest BCUT2D eigenvalue weighted by Crippen LogP contribution is -2.71. The average molecular weight is 226 g/mol. The van der Waals surface area contributed by atoms with E-state index in [0.717, 1.165) is 39.1 Å². The first-order valence-electron chi connectivity index (χ1n) is 6.18. The Bertz CT molecular complexity index is 266. The monoisotopic (exact) mass is 226 g/mol. The highest BCUT2D eigenvalue weighted by Crippen LogP contribution is 2.29. The van der Waals surface area contributed by atoms with E-state index in [1.54, 1.807) is 0 Å². The normalized spacial score (nSPS) is 25.6. The fourth-order valence-electron chi connectivity index (χ4n) is 2.39. The number of carbonyl (C=O) groups is 1. The van der Waals surface area contributed by atoms with Crippen LogP contribution < -0.4 is 5.73 Å². The zero-order valence-electron chi connectivity index (χ0n) is 10.2. The van der Waals surface area contributed by atoms with E-state index in [9.17, 15) is 4.79 Å². The fraction of sp³-hybridized carbons (Fsp3) is 0.917. The van der Waals surface area contributed by atoms with Gasteiger partial charge in [-0.2, -0.15) is 0 Å². The molecule has 0 atom stereocenters. The van der Waals surface area contributed by atoms with Crippen LogP contribution in [0.4, 0.5) is 0 Å². The maximum absolute atomic E-state index is 12.1. The Morgan fingerprint density at radius 1 is 1.38 bits per heavy atom. The van der Waals surface area contributed by atoms with E-state index < -0.39 is 0 Å². The van der Waals surface area contributed by atoms with Crippen molar-refractivity contribution in [2.45, 2.75) is 32.2 Å². The van der Waals surface area contributed by atoms with Gasteiger partial charge in [0.25, 0.3) is 0 Å². The second kappa shape index (κ2) is 4.34. The summed E-state index contributed by atoms with van der Waals surface area (Å²) < 4.78 is 5.27. The van der Waals surface area contributed by atoms with Crippen molar-refractivity contribution in [3.63, 3.8) is 0 Å². The maximum Gasteiger partial charge on any atom is 0.225 e. The van der Waals surface area contributed by atoms with Crippen molar-refractivity contribution in [2.75, 3.05) is 26.3 Å². The van der Waals surface area contributed by atoms with Gasteiger partial charge in [0.2, 0.25) is 5.91 Å². The Balaban J connectivity index is 1.84. The van der Waals surface area contributed by atoms with Crippen molar-refractivity contribution in [3.8, 4) is 0 Å². The van der Waals surface area contributed by atoms with Gasteiger partial charge in [-0.3, -0.25) is 4.79 Å². The quantitative estimate of drug-likeness (QED) is 0.750. The molecule has 2 aliphatic rings. The van der Waals surface area contributed by atoms with Crippen LogP contribution in [0, 0.1) is 11.8 Å². The lowest BCUT2D eigenvalue weighted by Gasteiger charge is -2.51. The highest BCUT2D eigenvalue weighted by atomic mass is 16.5. The summed E-state index contributed by atoms with van der Waals surface area (Å²) in [6, 6.07) is 0. The average Bonchev–Trinajstić information content (AvgIpc) is 2.25. The molecule has 2 saturated heterocycles. The van der Waals surface area contributed by atoms with Crippen molar-refractivity contribution in [1.29, 1.82) is 0 Å². The van der Waals surface area contributed by atoms with Crippen LogP contribution in [0.15, 0.2) is 0 Å². The van der Waals surface area contributed by atoms with Crippen molar-refractivity contribution >= 4 is 5.91 Å². The lowest BCUT2D eigenvalue weighted by molar-refractivity contribution is -0.147. The molecule has 0 aliphatic carbocycles. The molecule has 2 fully saturated rings. The van der Waals surface area contributed by atoms with E-state index in [-0.39, 0.29) is 17.4 Å². The number of likely N-dealkylation sites (tertiary alicyclic amines) is 1. The number of carbonyl (C=O) groups excluding carboxylic acids is 1.